The van der Waals surface area contributed by atoms with Gasteiger partial charge in [0, 0.05) is 19.6 Å². The van der Waals surface area contributed by atoms with E-state index in [0.29, 0.717) is 13.1 Å². The summed E-state index contributed by atoms with van der Waals surface area (Å²) < 4.78 is 0. The number of nitrogens with one attached hydrogen (secondary N) is 2. The minimum Gasteiger partial charge on any atom is -0.337 e. The van der Waals surface area contributed by atoms with Crippen molar-refractivity contribution in [3.05, 3.63) is 22.4 Å². The zero-order valence-corrected chi connectivity index (χ0v) is 11.3. The molecule has 0 saturated heterocycles. The van der Waals surface area contributed by atoms with Gasteiger partial charge in [0.05, 0.1) is 0 Å². The lowest BCUT2D eigenvalue weighted by atomic mass is 10.3. The van der Waals surface area contributed by atoms with Gasteiger partial charge in [-0.25, -0.2) is 4.79 Å². The van der Waals surface area contributed by atoms with Crippen LogP contribution in [0.15, 0.2) is 16.8 Å². The molecular weight excluding hydrogens is 234 g/mol. The monoisotopic (exact) mass is 255 g/mol. The molecule has 1 aromatic rings. The molecule has 0 aliphatic carbocycles. The molecule has 0 fully saturated rings. The van der Waals surface area contributed by atoms with Crippen molar-refractivity contribution in [3.8, 4) is 0 Å². The van der Waals surface area contributed by atoms with E-state index >= 15 is 0 Å². The number of rotatable bonds is 7. The van der Waals surface area contributed by atoms with Gasteiger partial charge in [-0.2, -0.15) is 11.3 Å². The summed E-state index contributed by atoms with van der Waals surface area (Å²) >= 11 is 1.64. The van der Waals surface area contributed by atoms with Gasteiger partial charge in [-0.05, 0) is 35.5 Å². The number of hydrogen-bond acceptors (Lipinski definition) is 3. The number of carbonyl (C=O) groups excluding carboxylic acids is 1. The topological polar surface area (TPSA) is 44.4 Å². The Morgan fingerprint density at radius 3 is 2.71 bits per heavy atom. The highest BCUT2D eigenvalue weighted by molar-refractivity contribution is 7.07. The Bertz CT molecular complexity index is 310. The highest BCUT2D eigenvalue weighted by atomic mass is 32.1. The van der Waals surface area contributed by atoms with Crippen molar-refractivity contribution in [3.63, 3.8) is 0 Å². The van der Waals surface area contributed by atoms with Gasteiger partial charge in [-0.3, -0.25) is 0 Å². The van der Waals surface area contributed by atoms with Gasteiger partial charge in [0.15, 0.2) is 0 Å². The zero-order chi connectivity index (χ0) is 12.5. The van der Waals surface area contributed by atoms with Gasteiger partial charge in [0.2, 0.25) is 0 Å². The Labute approximate surface area is 107 Å². The average Bonchev–Trinajstić information content (AvgIpc) is 2.85. The molecule has 1 rings (SSSR count). The fourth-order valence-electron chi connectivity index (χ4n) is 1.51. The summed E-state index contributed by atoms with van der Waals surface area (Å²) in [4.78, 5) is 13.7. The Morgan fingerprint density at radius 1 is 1.35 bits per heavy atom. The highest BCUT2D eigenvalue weighted by Gasteiger charge is 2.02. The Balaban J connectivity index is 2.09. The number of urea groups is 1. The predicted molar refractivity (Wildman–Crippen MR) is 72.3 cm³/mol. The number of likely N-dealkylation sites (N-methyl/N-ethyl adjacent to an activating group) is 1. The van der Waals surface area contributed by atoms with E-state index in [0.717, 1.165) is 25.2 Å². The van der Waals surface area contributed by atoms with Crippen LogP contribution in [0.1, 0.15) is 19.4 Å². The summed E-state index contributed by atoms with van der Waals surface area (Å²) in [7, 11) is 0. The van der Waals surface area contributed by atoms with Crippen LogP contribution >= 0.6 is 11.3 Å². The average molecular weight is 255 g/mol. The van der Waals surface area contributed by atoms with Crippen molar-refractivity contribution in [2.75, 3.05) is 26.2 Å². The first-order valence-corrected chi connectivity index (χ1v) is 6.95. The van der Waals surface area contributed by atoms with Gasteiger partial charge in [0.1, 0.15) is 0 Å². The largest absolute Gasteiger partial charge is 0.337 e. The molecule has 0 saturated carbocycles. The van der Waals surface area contributed by atoms with Crippen molar-refractivity contribution >= 4 is 17.4 Å². The number of amides is 2. The van der Waals surface area contributed by atoms with Crippen LogP contribution in [0.4, 0.5) is 4.79 Å². The second-order valence-corrected chi connectivity index (χ2v) is 4.55. The first kappa shape index (κ1) is 14.0. The van der Waals surface area contributed by atoms with Crippen molar-refractivity contribution in [2.45, 2.75) is 20.4 Å². The maximum Gasteiger partial charge on any atom is 0.315 e. The van der Waals surface area contributed by atoms with E-state index in [1.165, 1.54) is 0 Å². The van der Waals surface area contributed by atoms with Crippen LogP contribution in [0.5, 0.6) is 0 Å². The molecule has 4 nitrogen and oxygen atoms in total. The van der Waals surface area contributed by atoms with Crippen LogP contribution in [-0.2, 0) is 6.54 Å². The molecular formula is C12H21N3OS. The van der Waals surface area contributed by atoms with Crippen molar-refractivity contribution in [2.24, 2.45) is 0 Å². The van der Waals surface area contributed by atoms with Crippen LogP contribution in [0.3, 0.4) is 0 Å². The quantitative estimate of drug-likeness (QED) is 0.781. The molecule has 2 N–H and O–H groups in total. The third-order valence-electron chi connectivity index (χ3n) is 2.64. The van der Waals surface area contributed by atoms with Gasteiger partial charge in [-0.1, -0.05) is 13.8 Å². The summed E-state index contributed by atoms with van der Waals surface area (Å²) in [6.45, 7) is 8.49. The van der Waals surface area contributed by atoms with E-state index in [9.17, 15) is 4.79 Å². The first-order valence-electron chi connectivity index (χ1n) is 6.01. The normalized spacial score (nSPS) is 10.5. The van der Waals surface area contributed by atoms with Crippen molar-refractivity contribution in [1.82, 2.24) is 15.5 Å². The van der Waals surface area contributed by atoms with E-state index < -0.39 is 0 Å². The number of hydrogen-bond donors (Lipinski definition) is 2. The molecule has 0 atom stereocenters. The van der Waals surface area contributed by atoms with E-state index in [-0.39, 0.29) is 6.03 Å². The van der Waals surface area contributed by atoms with Gasteiger partial charge < -0.3 is 15.5 Å². The molecule has 17 heavy (non-hydrogen) atoms. The lowest BCUT2D eigenvalue weighted by Crippen LogP contribution is -2.40. The van der Waals surface area contributed by atoms with E-state index in [1.54, 1.807) is 11.3 Å². The fourth-order valence-corrected chi connectivity index (χ4v) is 2.17. The minimum atomic E-state index is -0.0941. The standard InChI is InChI=1S/C12H21N3OS/c1-3-15(4-2)7-6-13-12(16)14-9-11-5-8-17-10-11/h5,8,10H,3-4,6-7,9H2,1-2H3,(H2,13,14,16). The van der Waals surface area contributed by atoms with Crippen LogP contribution in [0.25, 0.3) is 0 Å². The van der Waals surface area contributed by atoms with E-state index in [4.69, 9.17) is 0 Å². The maximum absolute atomic E-state index is 11.5. The Kier molecular flexibility index (Phi) is 6.65. The smallest absolute Gasteiger partial charge is 0.315 e. The molecule has 0 bridgehead atoms. The molecule has 5 heteroatoms. The lowest BCUT2D eigenvalue weighted by molar-refractivity contribution is 0.236. The molecule has 1 heterocycles. The second-order valence-electron chi connectivity index (χ2n) is 3.77. The third-order valence-corrected chi connectivity index (χ3v) is 3.37. The van der Waals surface area contributed by atoms with Crippen LogP contribution in [0.2, 0.25) is 0 Å². The maximum atomic E-state index is 11.5. The summed E-state index contributed by atoms with van der Waals surface area (Å²) in [5.41, 5.74) is 1.15. The van der Waals surface area contributed by atoms with Gasteiger partial charge >= 0.3 is 6.03 Å². The third kappa shape index (κ3) is 5.70. The SMILES string of the molecule is CCN(CC)CCNC(=O)NCc1ccsc1. The molecule has 0 unspecified atom stereocenters. The Morgan fingerprint density at radius 2 is 2.12 bits per heavy atom. The molecule has 0 radical (unpaired) electrons. The molecule has 0 aliphatic heterocycles. The van der Waals surface area contributed by atoms with Crippen LogP contribution < -0.4 is 10.6 Å². The van der Waals surface area contributed by atoms with Gasteiger partial charge in [0.25, 0.3) is 0 Å². The van der Waals surface area contributed by atoms with E-state index in [1.807, 2.05) is 16.8 Å². The Hall–Kier alpha value is -1.07. The van der Waals surface area contributed by atoms with E-state index in [2.05, 4.69) is 29.4 Å². The van der Waals surface area contributed by atoms with Crippen molar-refractivity contribution < 1.29 is 4.79 Å². The molecule has 0 aromatic carbocycles. The second kappa shape index (κ2) is 8.08. The summed E-state index contributed by atoms with van der Waals surface area (Å²) in [5.74, 6) is 0. The minimum absolute atomic E-state index is 0.0941. The van der Waals surface area contributed by atoms with Gasteiger partial charge in [-0.15, -0.1) is 0 Å². The molecule has 0 aliphatic rings. The number of thiophene rings is 1. The molecule has 2 amide bonds. The number of carbonyl (C=O) groups is 1. The first-order chi connectivity index (χ1) is 8.26. The molecule has 1 aromatic heterocycles. The number of nitrogens with zero attached hydrogens (tertiary/aromatic N) is 1. The predicted octanol–water partition coefficient (Wildman–Crippen LogP) is 1.89. The van der Waals surface area contributed by atoms with Crippen molar-refractivity contribution in [1.29, 1.82) is 0 Å². The lowest BCUT2D eigenvalue weighted by Gasteiger charge is -2.18. The van der Waals surface area contributed by atoms with Crippen LogP contribution in [0, 0.1) is 0 Å². The fraction of sp³-hybridized carbons (Fsp3) is 0.583. The summed E-state index contributed by atoms with van der Waals surface area (Å²) in [5, 5.41) is 9.74. The zero-order valence-electron chi connectivity index (χ0n) is 10.5. The molecule has 96 valence electrons. The highest BCUT2D eigenvalue weighted by Crippen LogP contribution is 2.04. The summed E-state index contributed by atoms with van der Waals surface area (Å²) in [6, 6.07) is 1.92. The summed E-state index contributed by atoms with van der Waals surface area (Å²) in [6.07, 6.45) is 0. The molecule has 0 spiro atoms. The van der Waals surface area contributed by atoms with Crippen LogP contribution in [-0.4, -0.2) is 37.1 Å².